The van der Waals surface area contributed by atoms with Crippen LogP contribution in [0, 0.1) is 6.57 Å². The van der Waals surface area contributed by atoms with Crippen molar-refractivity contribution in [3.8, 4) is 33.5 Å². The Morgan fingerprint density at radius 2 is 1.82 bits per heavy atom. The van der Waals surface area contributed by atoms with E-state index in [2.05, 4.69) is 25.2 Å². The zero-order chi connectivity index (χ0) is 23.1. The van der Waals surface area contributed by atoms with Crippen LogP contribution < -0.4 is 11.3 Å². The van der Waals surface area contributed by atoms with Crippen LogP contribution in [0.5, 0.6) is 0 Å². The maximum Gasteiger partial charge on any atom is 0.272 e. The third kappa shape index (κ3) is 3.39. The summed E-state index contributed by atoms with van der Waals surface area (Å²) >= 11 is 0. The molecule has 3 heterocycles. The second-order valence-electron chi connectivity index (χ2n) is 7.74. The Balaban J connectivity index is 1.68. The van der Waals surface area contributed by atoms with E-state index in [1.165, 1.54) is 0 Å². The molecule has 9 heteroatoms. The molecule has 5 rings (SSSR count). The van der Waals surface area contributed by atoms with Gasteiger partial charge in [0.15, 0.2) is 5.69 Å². The zero-order valence-electron chi connectivity index (χ0n) is 18.1. The lowest BCUT2D eigenvalue weighted by Gasteiger charge is -2.11. The Labute approximate surface area is 188 Å². The smallest absolute Gasteiger partial charge is 0.272 e. The highest BCUT2D eigenvalue weighted by Crippen LogP contribution is 2.39. The number of nitrogens with two attached hydrogens (primary N) is 1. The van der Waals surface area contributed by atoms with Crippen LogP contribution in [0.2, 0.25) is 0 Å². The summed E-state index contributed by atoms with van der Waals surface area (Å²) in [5, 5.41) is 16.5. The molecular formula is C24H20N8O. The van der Waals surface area contributed by atoms with Gasteiger partial charge in [-0.25, -0.2) is 9.94 Å². The molecule has 0 aliphatic heterocycles. The van der Waals surface area contributed by atoms with E-state index in [1.807, 2.05) is 50.6 Å². The van der Waals surface area contributed by atoms with Crippen molar-refractivity contribution in [2.75, 3.05) is 0 Å². The highest BCUT2D eigenvalue weighted by molar-refractivity contribution is 5.93. The second-order valence-corrected chi connectivity index (χ2v) is 7.74. The molecule has 33 heavy (non-hydrogen) atoms. The van der Waals surface area contributed by atoms with Gasteiger partial charge in [0.05, 0.1) is 35.7 Å². The van der Waals surface area contributed by atoms with Crippen molar-refractivity contribution >= 4 is 16.5 Å². The number of nitrogens with zero attached hydrogens (tertiary/aromatic N) is 6. The minimum atomic E-state index is -0.263. The predicted octanol–water partition coefficient (Wildman–Crippen LogP) is 3.40. The first-order valence-corrected chi connectivity index (χ1v) is 10.2. The first-order valence-electron chi connectivity index (χ1n) is 10.2. The van der Waals surface area contributed by atoms with Gasteiger partial charge in [0.2, 0.25) is 0 Å². The van der Waals surface area contributed by atoms with Crippen molar-refractivity contribution in [1.82, 2.24) is 29.8 Å². The maximum absolute atomic E-state index is 12.2. The fourth-order valence-corrected chi connectivity index (χ4v) is 4.09. The number of hydrogen-bond acceptors (Lipinski definition) is 5. The van der Waals surface area contributed by atoms with Crippen LogP contribution in [-0.4, -0.2) is 29.8 Å². The lowest BCUT2D eigenvalue weighted by molar-refractivity contribution is 0.768. The number of H-pyrrole nitrogens is 1. The number of aromatic amines is 1. The lowest BCUT2D eigenvalue weighted by Crippen LogP contribution is -2.13. The third-order valence-corrected chi connectivity index (χ3v) is 5.72. The van der Waals surface area contributed by atoms with Crippen molar-refractivity contribution < 1.29 is 0 Å². The molecule has 2 aromatic carbocycles. The molecule has 0 unspecified atom stereocenters. The van der Waals surface area contributed by atoms with Gasteiger partial charge in [0.1, 0.15) is 0 Å². The van der Waals surface area contributed by atoms with Gasteiger partial charge in [-0.2, -0.15) is 15.3 Å². The highest BCUT2D eigenvalue weighted by atomic mass is 16.1. The van der Waals surface area contributed by atoms with Crippen LogP contribution in [0.1, 0.15) is 5.69 Å². The van der Waals surface area contributed by atoms with Crippen molar-refractivity contribution in [2.45, 2.75) is 6.54 Å². The average molecular weight is 436 g/mol. The number of hydrogen-bond donors (Lipinski definition) is 2. The molecule has 9 nitrogen and oxygen atoms in total. The van der Waals surface area contributed by atoms with Crippen molar-refractivity contribution in [1.29, 1.82) is 0 Å². The van der Waals surface area contributed by atoms with Gasteiger partial charge >= 0.3 is 0 Å². The van der Waals surface area contributed by atoms with Crippen molar-refractivity contribution in [3.05, 3.63) is 82.5 Å². The summed E-state index contributed by atoms with van der Waals surface area (Å²) in [6.45, 7) is 8.00. The van der Waals surface area contributed by atoms with Gasteiger partial charge in [0.25, 0.3) is 5.56 Å². The monoisotopic (exact) mass is 436 g/mol. The predicted molar refractivity (Wildman–Crippen MR) is 126 cm³/mol. The normalized spacial score (nSPS) is 11.1. The zero-order valence-corrected chi connectivity index (χ0v) is 18.1. The minimum Gasteiger partial charge on any atom is -0.325 e. The van der Waals surface area contributed by atoms with Crippen LogP contribution in [0.4, 0.5) is 5.69 Å². The first kappa shape index (κ1) is 20.4. The van der Waals surface area contributed by atoms with E-state index in [-0.39, 0.29) is 12.1 Å². The molecule has 0 atom stereocenters. The van der Waals surface area contributed by atoms with Gasteiger partial charge in [-0.15, -0.1) is 0 Å². The van der Waals surface area contributed by atoms with E-state index in [1.54, 1.807) is 27.8 Å². The van der Waals surface area contributed by atoms with Crippen LogP contribution >= 0.6 is 0 Å². The van der Waals surface area contributed by atoms with Gasteiger partial charge in [-0.05, 0) is 29.3 Å². The van der Waals surface area contributed by atoms with Crippen LogP contribution in [0.3, 0.4) is 0 Å². The molecule has 0 fully saturated rings. The molecule has 0 saturated heterocycles. The molecule has 0 aliphatic carbocycles. The first-order chi connectivity index (χ1) is 16.0. The fourth-order valence-electron chi connectivity index (χ4n) is 4.09. The molecule has 0 bridgehead atoms. The number of aryl methyl sites for hydroxylation is 2. The molecular weight excluding hydrogens is 416 g/mol. The Hall–Kier alpha value is -4.55. The topological polar surface area (TPSA) is 112 Å². The Kier molecular flexibility index (Phi) is 4.84. The molecule has 162 valence electrons. The van der Waals surface area contributed by atoms with Crippen LogP contribution in [0.15, 0.2) is 59.8 Å². The molecule has 0 spiro atoms. The summed E-state index contributed by atoms with van der Waals surface area (Å²) in [5.74, 6) is 0. The average Bonchev–Trinajstić information content (AvgIpc) is 3.44. The molecule has 0 amide bonds. The van der Waals surface area contributed by atoms with E-state index in [0.717, 1.165) is 33.5 Å². The van der Waals surface area contributed by atoms with Gasteiger partial charge in [0, 0.05) is 48.9 Å². The fraction of sp³-hybridized carbons (Fsp3) is 0.125. The van der Waals surface area contributed by atoms with E-state index < -0.39 is 0 Å². The Morgan fingerprint density at radius 1 is 1.00 bits per heavy atom. The van der Waals surface area contributed by atoms with Gasteiger partial charge < -0.3 is 5.73 Å². The Morgan fingerprint density at radius 3 is 2.55 bits per heavy atom. The van der Waals surface area contributed by atoms with E-state index >= 15 is 0 Å². The maximum atomic E-state index is 12.2. The number of aromatic nitrogens is 6. The summed E-state index contributed by atoms with van der Waals surface area (Å²) in [6.07, 6.45) is 5.46. The minimum absolute atomic E-state index is 0.203. The van der Waals surface area contributed by atoms with E-state index in [9.17, 15) is 4.79 Å². The quantitative estimate of drug-likeness (QED) is 0.420. The summed E-state index contributed by atoms with van der Waals surface area (Å²) in [7, 11) is 3.71. The molecule has 3 N–H and O–H groups in total. The van der Waals surface area contributed by atoms with Crippen LogP contribution in [-0.2, 0) is 20.6 Å². The van der Waals surface area contributed by atoms with Crippen molar-refractivity contribution in [2.24, 2.45) is 19.8 Å². The lowest BCUT2D eigenvalue weighted by atomic mass is 9.96. The summed E-state index contributed by atoms with van der Waals surface area (Å²) in [4.78, 5) is 16.0. The van der Waals surface area contributed by atoms with Crippen LogP contribution in [0.25, 0.3) is 49.1 Å². The molecule has 0 radical (unpaired) electrons. The third-order valence-electron chi connectivity index (χ3n) is 5.72. The van der Waals surface area contributed by atoms with Crippen molar-refractivity contribution in [3.63, 3.8) is 0 Å². The number of fused-ring (bicyclic) bond motifs is 1. The summed E-state index contributed by atoms with van der Waals surface area (Å²) in [6, 6.07) is 11.3. The molecule has 5 aromatic rings. The highest BCUT2D eigenvalue weighted by Gasteiger charge is 2.18. The molecule has 3 aromatic heterocycles. The number of benzene rings is 2. The summed E-state index contributed by atoms with van der Waals surface area (Å²) in [5.41, 5.74) is 11.9. The second kappa shape index (κ2) is 7.85. The largest absolute Gasteiger partial charge is 0.325 e. The van der Waals surface area contributed by atoms with E-state index in [0.29, 0.717) is 22.2 Å². The molecule has 0 aliphatic rings. The SMILES string of the molecule is [C-]#[N+]c1cc(-c2cnn(C)c2)ccc1-c1c(-c2ccc3c(=O)[nH]nc(CN)c3c2)cnn1C. The number of rotatable bonds is 4. The Bertz CT molecular complexity index is 1620. The van der Waals surface area contributed by atoms with Gasteiger partial charge in [-0.1, -0.05) is 18.2 Å². The standard InChI is InChI=1S/C24H20N8O/c1-26-21-9-14(16-11-27-31(2)13-16)4-7-18(21)23-20(12-28-32(23)3)15-5-6-17-19(8-15)22(10-25)29-30-24(17)33/h4-9,11-13H,10,25H2,2-3H3,(H,30,33). The van der Waals surface area contributed by atoms with Gasteiger partial charge in [-0.3, -0.25) is 14.2 Å². The van der Waals surface area contributed by atoms with E-state index in [4.69, 9.17) is 12.3 Å². The summed E-state index contributed by atoms with van der Waals surface area (Å²) < 4.78 is 3.49. The molecule has 0 saturated carbocycles. The number of nitrogens with one attached hydrogen (secondary N) is 1.